The van der Waals surface area contributed by atoms with Gasteiger partial charge in [0.05, 0.1) is 11.4 Å². The zero-order chi connectivity index (χ0) is 14.4. The van der Waals surface area contributed by atoms with Crippen molar-refractivity contribution in [2.45, 2.75) is 25.8 Å². The number of rotatable bonds is 6. The van der Waals surface area contributed by atoms with E-state index < -0.39 is 0 Å². The van der Waals surface area contributed by atoms with E-state index in [2.05, 4.69) is 5.32 Å². The van der Waals surface area contributed by atoms with Crippen LogP contribution in [0.2, 0.25) is 0 Å². The number of nitrogens with zero attached hydrogens (tertiary/aromatic N) is 1. The molecule has 19 heavy (non-hydrogen) atoms. The van der Waals surface area contributed by atoms with Crippen LogP contribution in [0, 0.1) is 0 Å². The topological polar surface area (TPSA) is 78.6 Å². The van der Waals surface area contributed by atoms with Gasteiger partial charge in [0.1, 0.15) is 0 Å². The van der Waals surface area contributed by atoms with Crippen LogP contribution in [0.4, 0.5) is 11.4 Å². The Morgan fingerprint density at radius 3 is 2.74 bits per heavy atom. The quantitative estimate of drug-likeness (QED) is 0.682. The molecule has 4 N–H and O–H groups in total. The van der Waals surface area contributed by atoms with Crippen LogP contribution < -0.4 is 11.1 Å². The number of nitrogen functional groups attached to an aromatic ring is 1. The zero-order valence-corrected chi connectivity index (χ0v) is 11.8. The number of hydrogen-bond donors (Lipinski definition) is 3. The number of aliphatic hydroxyl groups is 1. The van der Waals surface area contributed by atoms with Crippen LogP contribution in [0.3, 0.4) is 0 Å². The Kier molecular flexibility index (Phi) is 5.63. The third kappa shape index (κ3) is 4.44. The third-order valence-electron chi connectivity index (χ3n) is 2.90. The summed E-state index contributed by atoms with van der Waals surface area (Å²) in [6.07, 6.45) is 1.59. The van der Waals surface area contributed by atoms with E-state index >= 15 is 0 Å². The molecule has 0 fully saturated rings. The van der Waals surface area contributed by atoms with Gasteiger partial charge in [-0.3, -0.25) is 4.79 Å². The van der Waals surface area contributed by atoms with Crippen molar-refractivity contribution in [2.24, 2.45) is 0 Å². The SMILES string of the molecule is CC(CCCO)Nc1cc(C(=O)N(C)C)ccc1N. The molecule has 0 saturated heterocycles. The minimum absolute atomic E-state index is 0.0499. The third-order valence-corrected chi connectivity index (χ3v) is 2.90. The molecule has 1 rings (SSSR count). The van der Waals surface area contributed by atoms with Gasteiger partial charge >= 0.3 is 0 Å². The van der Waals surface area contributed by atoms with Crippen LogP contribution in [-0.4, -0.2) is 42.7 Å². The molecule has 5 heteroatoms. The van der Waals surface area contributed by atoms with E-state index in [4.69, 9.17) is 10.8 Å². The van der Waals surface area contributed by atoms with Crippen molar-refractivity contribution < 1.29 is 9.90 Å². The summed E-state index contributed by atoms with van der Waals surface area (Å²) in [6.45, 7) is 2.20. The van der Waals surface area contributed by atoms with Crippen molar-refractivity contribution in [3.8, 4) is 0 Å². The second kappa shape index (κ2) is 6.99. The Morgan fingerprint density at radius 2 is 2.16 bits per heavy atom. The maximum absolute atomic E-state index is 11.9. The first-order valence-corrected chi connectivity index (χ1v) is 6.44. The predicted molar refractivity (Wildman–Crippen MR) is 78.3 cm³/mol. The number of aliphatic hydroxyl groups excluding tert-OH is 1. The smallest absolute Gasteiger partial charge is 0.253 e. The fourth-order valence-electron chi connectivity index (χ4n) is 1.81. The molecule has 1 amide bonds. The Morgan fingerprint density at radius 1 is 1.47 bits per heavy atom. The van der Waals surface area contributed by atoms with Crippen LogP contribution in [0.25, 0.3) is 0 Å². The molecule has 0 aliphatic heterocycles. The number of nitrogens with two attached hydrogens (primary N) is 1. The number of carbonyl (C=O) groups excluding carboxylic acids is 1. The van der Waals surface area contributed by atoms with E-state index in [0.29, 0.717) is 11.3 Å². The molecule has 1 atom stereocenters. The summed E-state index contributed by atoms with van der Waals surface area (Å²) in [5, 5.41) is 12.1. The van der Waals surface area contributed by atoms with Gasteiger partial charge in [-0.15, -0.1) is 0 Å². The Hall–Kier alpha value is -1.75. The van der Waals surface area contributed by atoms with Crippen LogP contribution in [-0.2, 0) is 0 Å². The van der Waals surface area contributed by atoms with Gasteiger partial charge in [-0.25, -0.2) is 0 Å². The average molecular weight is 265 g/mol. The maximum Gasteiger partial charge on any atom is 0.253 e. The monoisotopic (exact) mass is 265 g/mol. The van der Waals surface area contributed by atoms with E-state index in [1.807, 2.05) is 6.92 Å². The summed E-state index contributed by atoms with van der Waals surface area (Å²) in [4.78, 5) is 13.4. The second-order valence-corrected chi connectivity index (χ2v) is 4.91. The summed E-state index contributed by atoms with van der Waals surface area (Å²) in [5.74, 6) is -0.0499. The summed E-state index contributed by atoms with van der Waals surface area (Å²) < 4.78 is 0. The van der Waals surface area contributed by atoms with Crippen molar-refractivity contribution >= 4 is 17.3 Å². The van der Waals surface area contributed by atoms with Gasteiger partial charge in [0.25, 0.3) is 5.91 Å². The highest BCUT2D eigenvalue weighted by atomic mass is 16.2. The molecule has 1 aromatic rings. The predicted octanol–water partition coefficient (Wildman–Crippen LogP) is 1.54. The largest absolute Gasteiger partial charge is 0.397 e. The normalized spacial score (nSPS) is 12.0. The number of nitrogens with one attached hydrogen (secondary N) is 1. The minimum Gasteiger partial charge on any atom is -0.397 e. The highest BCUT2D eigenvalue weighted by Gasteiger charge is 2.11. The molecule has 0 heterocycles. The lowest BCUT2D eigenvalue weighted by Gasteiger charge is -2.18. The number of anilines is 2. The molecule has 0 radical (unpaired) electrons. The molecule has 5 nitrogen and oxygen atoms in total. The van der Waals surface area contributed by atoms with Gasteiger partial charge in [0.15, 0.2) is 0 Å². The first kappa shape index (κ1) is 15.3. The number of hydrogen-bond acceptors (Lipinski definition) is 4. The molecule has 0 bridgehead atoms. The van der Waals surface area contributed by atoms with Crippen LogP contribution in [0.1, 0.15) is 30.1 Å². The molecule has 0 aliphatic rings. The van der Waals surface area contributed by atoms with Crippen LogP contribution in [0.5, 0.6) is 0 Å². The second-order valence-electron chi connectivity index (χ2n) is 4.91. The van der Waals surface area contributed by atoms with E-state index in [1.165, 1.54) is 4.90 Å². The van der Waals surface area contributed by atoms with Crippen LogP contribution in [0.15, 0.2) is 18.2 Å². The lowest BCUT2D eigenvalue weighted by molar-refractivity contribution is 0.0827. The Balaban J connectivity index is 2.82. The van der Waals surface area contributed by atoms with E-state index in [0.717, 1.165) is 18.5 Å². The van der Waals surface area contributed by atoms with Crippen molar-refractivity contribution in [1.82, 2.24) is 4.90 Å². The molecule has 0 spiro atoms. The first-order valence-electron chi connectivity index (χ1n) is 6.44. The number of benzene rings is 1. The highest BCUT2D eigenvalue weighted by Crippen LogP contribution is 2.22. The zero-order valence-electron chi connectivity index (χ0n) is 11.8. The molecule has 1 unspecified atom stereocenters. The summed E-state index contributed by atoms with van der Waals surface area (Å²) >= 11 is 0. The molecule has 0 saturated carbocycles. The van der Waals surface area contributed by atoms with Gasteiger partial charge in [0, 0.05) is 32.3 Å². The highest BCUT2D eigenvalue weighted by molar-refractivity contribution is 5.95. The van der Waals surface area contributed by atoms with Gasteiger partial charge in [-0.1, -0.05) is 0 Å². The Bertz CT molecular complexity index is 433. The summed E-state index contributed by atoms with van der Waals surface area (Å²) in [5.41, 5.74) is 7.89. The maximum atomic E-state index is 11.9. The van der Waals surface area contributed by atoms with Gasteiger partial charge in [-0.2, -0.15) is 0 Å². The van der Waals surface area contributed by atoms with Gasteiger partial charge in [-0.05, 0) is 38.0 Å². The molecule has 0 aliphatic carbocycles. The molecule has 0 aromatic heterocycles. The van der Waals surface area contributed by atoms with Crippen molar-refractivity contribution in [1.29, 1.82) is 0 Å². The number of carbonyl (C=O) groups is 1. The lowest BCUT2D eigenvalue weighted by Crippen LogP contribution is -2.22. The van der Waals surface area contributed by atoms with Crippen molar-refractivity contribution in [3.05, 3.63) is 23.8 Å². The first-order chi connectivity index (χ1) is 8.95. The van der Waals surface area contributed by atoms with E-state index in [1.54, 1.807) is 32.3 Å². The van der Waals surface area contributed by atoms with Gasteiger partial charge < -0.3 is 21.1 Å². The summed E-state index contributed by atoms with van der Waals surface area (Å²) in [6, 6.07) is 5.42. The minimum atomic E-state index is -0.0499. The molecular formula is C14H23N3O2. The Labute approximate surface area is 114 Å². The van der Waals surface area contributed by atoms with E-state index in [-0.39, 0.29) is 18.6 Å². The van der Waals surface area contributed by atoms with Gasteiger partial charge in [0.2, 0.25) is 0 Å². The summed E-state index contributed by atoms with van der Waals surface area (Å²) in [7, 11) is 3.44. The van der Waals surface area contributed by atoms with Crippen molar-refractivity contribution in [2.75, 3.05) is 31.8 Å². The fraction of sp³-hybridized carbons (Fsp3) is 0.500. The molecule has 106 valence electrons. The lowest BCUT2D eigenvalue weighted by atomic mass is 10.1. The molecule has 1 aromatic carbocycles. The van der Waals surface area contributed by atoms with Crippen LogP contribution >= 0.6 is 0 Å². The fourth-order valence-corrected chi connectivity index (χ4v) is 1.81. The molecular weight excluding hydrogens is 242 g/mol. The van der Waals surface area contributed by atoms with E-state index in [9.17, 15) is 4.79 Å². The average Bonchev–Trinajstić information content (AvgIpc) is 2.38. The number of amides is 1. The van der Waals surface area contributed by atoms with Crippen molar-refractivity contribution in [3.63, 3.8) is 0 Å². The standard InChI is InChI=1S/C14H23N3O2/c1-10(5-4-8-18)16-13-9-11(6-7-12(13)15)14(19)17(2)3/h6-7,9-10,16,18H,4-5,8,15H2,1-3H3.